The van der Waals surface area contributed by atoms with Crippen molar-refractivity contribution in [3.05, 3.63) is 29.8 Å². The van der Waals surface area contributed by atoms with E-state index in [-0.39, 0.29) is 55.8 Å². The van der Waals surface area contributed by atoms with Crippen LogP contribution in [0.15, 0.2) is 29.4 Å². The van der Waals surface area contributed by atoms with Crippen LogP contribution in [-0.2, 0) is 30.8 Å². The van der Waals surface area contributed by atoms with Crippen LogP contribution < -0.4 is 0 Å². The quantitative estimate of drug-likeness (QED) is 0.394. The number of hydrogen-bond acceptors (Lipinski definition) is 10. The van der Waals surface area contributed by atoms with E-state index in [9.17, 15) is 19.8 Å². The summed E-state index contributed by atoms with van der Waals surface area (Å²) in [6.45, 7) is 7.09. The van der Waals surface area contributed by atoms with Gasteiger partial charge in [0.1, 0.15) is 24.9 Å². The highest BCUT2D eigenvalue weighted by Crippen LogP contribution is 2.25. The summed E-state index contributed by atoms with van der Waals surface area (Å²) in [4.78, 5) is 30.6. The third-order valence-electron chi connectivity index (χ3n) is 7.70. The molecule has 1 aromatic heterocycles. The Hall–Kier alpha value is -2.55. The van der Waals surface area contributed by atoms with Crippen molar-refractivity contribution in [2.24, 2.45) is 13.0 Å². The highest BCUT2D eigenvalue weighted by Gasteiger charge is 2.33. The van der Waals surface area contributed by atoms with Crippen LogP contribution in [0.25, 0.3) is 11.4 Å². The predicted molar refractivity (Wildman–Crippen MR) is 168 cm³/mol. The molecule has 1 saturated heterocycles. The lowest BCUT2D eigenvalue weighted by molar-refractivity contribution is -0.145. The standard InChI is InChI=1S/C31H49N5O7S/c1-21(2)14-24-16-35(27(38)19-41-5)17-26(42-6)29(40)25(37)18-43-13-8-7-12-36(24)28(39)20-44-31-33-32-30(34(31)4)23-11-9-10-22(3)15-23/h9-11,15,21,24-26,29,37,40H,7-8,12-14,16-20H2,1-6H3/t24-,25+,26+,29+/m0/s1. The largest absolute Gasteiger partial charge is 0.388 e. The molecule has 0 bridgehead atoms. The van der Waals surface area contributed by atoms with E-state index in [1.54, 1.807) is 4.90 Å². The number of aryl methyl sites for hydroxylation is 1. The molecule has 0 unspecified atom stereocenters. The second-order valence-electron chi connectivity index (χ2n) is 11.7. The normalized spacial score (nSPS) is 22.7. The maximum Gasteiger partial charge on any atom is 0.248 e. The topological polar surface area (TPSA) is 139 Å². The summed E-state index contributed by atoms with van der Waals surface area (Å²) in [5.41, 5.74) is 2.08. The number of methoxy groups -OCH3 is 2. The molecular weight excluding hydrogens is 586 g/mol. The molecular formula is C31H49N5O7S. The second kappa shape index (κ2) is 17.8. The summed E-state index contributed by atoms with van der Waals surface area (Å²) in [7, 11) is 4.77. The molecule has 1 aliphatic heterocycles. The number of nitrogens with zero attached hydrogens (tertiary/aromatic N) is 5. The average Bonchev–Trinajstić information content (AvgIpc) is 3.36. The van der Waals surface area contributed by atoms with Gasteiger partial charge in [-0.25, -0.2) is 0 Å². The van der Waals surface area contributed by atoms with Gasteiger partial charge in [-0.3, -0.25) is 9.59 Å². The molecule has 0 spiro atoms. The summed E-state index contributed by atoms with van der Waals surface area (Å²) >= 11 is 1.34. The Labute approximate surface area is 265 Å². The molecule has 1 fully saturated rings. The van der Waals surface area contributed by atoms with E-state index in [0.717, 1.165) is 17.0 Å². The van der Waals surface area contributed by atoms with Gasteiger partial charge in [0.15, 0.2) is 11.0 Å². The summed E-state index contributed by atoms with van der Waals surface area (Å²) < 4.78 is 18.2. The Bertz CT molecular complexity index is 1200. The molecule has 2 amide bonds. The molecule has 4 atom stereocenters. The summed E-state index contributed by atoms with van der Waals surface area (Å²) in [6.07, 6.45) is -1.30. The number of rotatable bonds is 9. The van der Waals surface area contributed by atoms with Gasteiger partial charge in [0.2, 0.25) is 11.8 Å². The first kappa shape index (κ1) is 35.9. The number of hydrogen-bond donors (Lipinski definition) is 2. The molecule has 0 aliphatic carbocycles. The average molecular weight is 636 g/mol. The molecule has 1 aliphatic rings. The molecule has 12 nitrogen and oxygen atoms in total. The van der Waals surface area contributed by atoms with Gasteiger partial charge in [-0.15, -0.1) is 10.2 Å². The van der Waals surface area contributed by atoms with Crippen molar-refractivity contribution in [1.82, 2.24) is 24.6 Å². The van der Waals surface area contributed by atoms with Crippen LogP contribution in [0.4, 0.5) is 0 Å². The van der Waals surface area contributed by atoms with Crippen LogP contribution in [0.5, 0.6) is 0 Å². The highest BCUT2D eigenvalue weighted by atomic mass is 32.2. The molecule has 2 N–H and O–H groups in total. The van der Waals surface area contributed by atoms with E-state index in [0.29, 0.717) is 37.6 Å². The number of aromatic nitrogens is 3. The van der Waals surface area contributed by atoms with Gasteiger partial charge in [0.25, 0.3) is 0 Å². The fourth-order valence-electron chi connectivity index (χ4n) is 5.36. The van der Waals surface area contributed by atoms with Crippen LogP contribution >= 0.6 is 11.8 Å². The third-order valence-corrected chi connectivity index (χ3v) is 8.70. The first-order valence-electron chi connectivity index (χ1n) is 15.2. The molecule has 2 aromatic rings. The number of carbonyl (C=O) groups excluding carboxylic acids is 2. The number of carbonyl (C=O) groups is 2. The van der Waals surface area contributed by atoms with Gasteiger partial charge >= 0.3 is 0 Å². The van der Waals surface area contributed by atoms with Gasteiger partial charge < -0.3 is 38.8 Å². The second-order valence-corrected chi connectivity index (χ2v) is 12.7. The maximum atomic E-state index is 13.9. The monoisotopic (exact) mass is 635 g/mol. The minimum absolute atomic E-state index is 0.0168. The highest BCUT2D eigenvalue weighted by molar-refractivity contribution is 7.99. The lowest BCUT2D eigenvalue weighted by atomic mass is 10.00. The Balaban J connectivity index is 1.86. The van der Waals surface area contributed by atoms with Crippen LogP contribution in [0, 0.1) is 12.8 Å². The van der Waals surface area contributed by atoms with Gasteiger partial charge in [0, 0.05) is 59.1 Å². The van der Waals surface area contributed by atoms with Crippen LogP contribution in [0.3, 0.4) is 0 Å². The van der Waals surface area contributed by atoms with Crippen molar-refractivity contribution in [3.8, 4) is 11.4 Å². The third kappa shape index (κ3) is 10.2. The lowest BCUT2D eigenvalue weighted by Gasteiger charge is -2.38. The molecule has 2 heterocycles. The molecule has 3 rings (SSSR count). The smallest absolute Gasteiger partial charge is 0.248 e. The van der Waals surface area contributed by atoms with Gasteiger partial charge in [-0.1, -0.05) is 49.4 Å². The number of ether oxygens (including phenoxy) is 3. The zero-order chi connectivity index (χ0) is 32.2. The van der Waals surface area contributed by atoms with Gasteiger partial charge in [-0.2, -0.15) is 0 Å². The van der Waals surface area contributed by atoms with Crippen molar-refractivity contribution in [1.29, 1.82) is 0 Å². The Morgan fingerprint density at radius 3 is 2.59 bits per heavy atom. The summed E-state index contributed by atoms with van der Waals surface area (Å²) in [5, 5.41) is 30.7. The van der Waals surface area contributed by atoms with Crippen molar-refractivity contribution in [2.75, 3.05) is 59.4 Å². The van der Waals surface area contributed by atoms with E-state index in [1.165, 1.54) is 26.0 Å². The van der Waals surface area contributed by atoms with E-state index < -0.39 is 18.3 Å². The lowest BCUT2D eigenvalue weighted by Crippen LogP contribution is -2.54. The SMILES string of the molecule is COCC(=O)N1C[C@H](CC(C)C)N(C(=O)CSc2nnc(-c3cccc(C)c3)n2C)CCCCOC[C@@H](O)[C@@H](O)[C@H](OC)C1. The van der Waals surface area contributed by atoms with E-state index in [4.69, 9.17) is 14.2 Å². The number of benzene rings is 1. The molecule has 0 saturated carbocycles. The predicted octanol–water partition coefficient (Wildman–Crippen LogP) is 2.15. The van der Waals surface area contributed by atoms with Crippen molar-refractivity contribution in [2.45, 2.75) is 69.5 Å². The first-order chi connectivity index (χ1) is 21.0. The Morgan fingerprint density at radius 2 is 1.91 bits per heavy atom. The molecule has 0 radical (unpaired) electrons. The first-order valence-corrected chi connectivity index (χ1v) is 16.2. The van der Waals surface area contributed by atoms with E-state index in [2.05, 4.69) is 30.1 Å². The summed E-state index contributed by atoms with van der Waals surface area (Å²) in [6, 6.07) is 7.75. The number of thioether (sulfide) groups is 1. The van der Waals surface area contributed by atoms with E-state index >= 15 is 0 Å². The molecule has 246 valence electrons. The zero-order valence-corrected chi connectivity index (χ0v) is 27.7. The number of aliphatic hydroxyl groups excluding tert-OH is 2. The summed E-state index contributed by atoms with van der Waals surface area (Å²) in [5.74, 6) is 0.768. The van der Waals surface area contributed by atoms with Crippen molar-refractivity contribution < 1.29 is 34.0 Å². The van der Waals surface area contributed by atoms with Gasteiger partial charge in [-0.05, 0) is 38.2 Å². The maximum absolute atomic E-state index is 13.9. The number of amides is 2. The molecule has 1 aromatic carbocycles. The van der Waals surface area contributed by atoms with Crippen LogP contribution in [0.2, 0.25) is 0 Å². The Kier molecular flexibility index (Phi) is 14.5. The fraction of sp³-hybridized carbons (Fsp3) is 0.677. The van der Waals surface area contributed by atoms with Crippen molar-refractivity contribution >= 4 is 23.6 Å². The Morgan fingerprint density at radius 1 is 1.14 bits per heavy atom. The van der Waals surface area contributed by atoms with Crippen LogP contribution in [0.1, 0.15) is 38.7 Å². The molecule has 44 heavy (non-hydrogen) atoms. The minimum atomic E-state index is -1.27. The van der Waals surface area contributed by atoms with Gasteiger partial charge in [0.05, 0.1) is 12.4 Å². The van der Waals surface area contributed by atoms with Crippen LogP contribution in [-0.4, -0.2) is 130 Å². The minimum Gasteiger partial charge on any atom is -0.388 e. The molecule has 13 heteroatoms. The van der Waals surface area contributed by atoms with Crippen molar-refractivity contribution in [3.63, 3.8) is 0 Å². The zero-order valence-electron chi connectivity index (χ0n) is 26.8. The fourth-order valence-corrected chi connectivity index (χ4v) is 6.16. The van der Waals surface area contributed by atoms with E-state index in [1.807, 2.05) is 41.6 Å². The number of aliphatic hydroxyl groups is 2.